The summed E-state index contributed by atoms with van der Waals surface area (Å²) in [5.41, 5.74) is 3.60. The zero-order chi connectivity index (χ0) is 28.4. The smallest absolute Gasteiger partial charge is 0.175 e. The summed E-state index contributed by atoms with van der Waals surface area (Å²) < 4.78 is 32.0. The molecule has 0 spiro atoms. The van der Waals surface area contributed by atoms with Crippen LogP contribution in [0.5, 0.6) is 0 Å². The lowest BCUT2D eigenvalue weighted by Gasteiger charge is -2.33. The third-order valence-corrected chi connectivity index (χ3v) is 10.2. The molecule has 0 atom stereocenters. The van der Waals surface area contributed by atoms with Gasteiger partial charge >= 0.3 is 0 Å². The molecule has 0 unspecified atom stereocenters. The van der Waals surface area contributed by atoms with Crippen LogP contribution in [0.4, 0.5) is 0 Å². The van der Waals surface area contributed by atoms with Crippen LogP contribution >= 0.6 is 22.9 Å². The molecule has 3 aromatic heterocycles. The number of sulfone groups is 1. The largest absolute Gasteiger partial charge is 0.468 e. The van der Waals surface area contributed by atoms with Crippen LogP contribution in [0.3, 0.4) is 0 Å². The second-order valence-electron chi connectivity index (χ2n) is 10.6. The molecule has 3 heterocycles. The summed E-state index contributed by atoms with van der Waals surface area (Å²) in [7, 11) is -3.30. The molecule has 2 aromatic carbocycles. The SMILES string of the molecule is CS(=O)(=O)c1cccc(-c2ccc(-c3cc(CN(Cc4ccco4)C4CCCCC4)nn3-c3ccccc3Cl)s2)c1. The number of para-hydroxylation sites is 1. The summed E-state index contributed by atoms with van der Waals surface area (Å²) in [4.78, 5) is 4.82. The van der Waals surface area contributed by atoms with E-state index in [1.165, 1.54) is 38.4 Å². The van der Waals surface area contributed by atoms with Crippen LogP contribution in [-0.4, -0.2) is 35.4 Å². The molecule has 1 aliphatic carbocycles. The standard InChI is InChI=1S/C32H32ClN3O3S2/c1-41(37,38)27-13-7-9-23(19-27)31-16-17-32(40-31)30-20-24(34-36(30)29-15-6-5-14-28(29)33)21-35(22-26-12-8-18-39-26)25-10-3-2-4-11-25/h5-9,12-20,25H,2-4,10-11,21-22H2,1H3. The topological polar surface area (TPSA) is 68.3 Å². The number of benzene rings is 2. The van der Waals surface area contributed by atoms with E-state index in [4.69, 9.17) is 21.1 Å². The minimum Gasteiger partial charge on any atom is -0.468 e. The van der Waals surface area contributed by atoms with Crippen LogP contribution in [0, 0.1) is 0 Å². The lowest BCUT2D eigenvalue weighted by atomic mass is 9.94. The van der Waals surface area contributed by atoms with Gasteiger partial charge in [-0.15, -0.1) is 11.3 Å². The van der Waals surface area contributed by atoms with Gasteiger partial charge in [-0.1, -0.05) is 55.1 Å². The van der Waals surface area contributed by atoms with Crippen molar-refractivity contribution in [1.82, 2.24) is 14.7 Å². The molecule has 0 bridgehead atoms. The first kappa shape index (κ1) is 28.0. The van der Waals surface area contributed by atoms with Gasteiger partial charge in [0.2, 0.25) is 0 Å². The van der Waals surface area contributed by atoms with Crippen molar-refractivity contribution in [3.05, 3.63) is 102 Å². The number of hydrogen-bond acceptors (Lipinski definition) is 6. The molecule has 9 heteroatoms. The van der Waals surface area contributed by atoms with Crippen LogP contribution in [-0.2, 0) is 22.9 Å². The Morgan fingerprint density at radius 3 is 2.51 bits per heavy atom. The summed E-state index contributed by atoms with van der Waals surface area (Å²) in [6, 6.07) is 25.6. The van der Waals surface area contributed by atoms with Crippen molar-refractivity contribution >= 4 is 32.8 Å². The van der Waals surface area contributed by atoms with E-state index in [1.54, 1.807) is 35.8 Å². The van der Waals surface area contributed by atoms with Crippen molar-refractivity contribution in [3.63, 3.8) is 0 Å². The molecule has 0 saturated heterocycles. The van der Waals surface area contributed by atoms with Gasteiger partial charge in [0.25, 0.3) is 0 Å². The van der Waals surface area contributed by atoms with E-state index in [9.17, 15) is 8.42 Å². The van der Waals surface area contributed by atoms with Gasteiger partial charge in [0.05, 0.1) is 44.7 Å². The fraction of sp³-hybridized carbons (Fsp3) is 0.281. The average molecular weight is 606 g/mol. The first-order valence-electron chi connectivity index (χ1n) is 13.9. The van der Waals surface area contributed by atoms with E-state index in [0.29, 0.717) is 22.5 Å². The van der Waals surface area contributed by atoms with Crippen molar-refractivity contribution in [2.75, 3.05) is 6.26 Å². The van der Waals surface area contributed by atoms with E-state index in [-0.39, 0.29) is 0 Å². The number of thiophene rings is 1. The van der Waals surface area contributed by atoms with Crippen LogP contribution < -0.4 is 0 Å². The molecule has 1 saturated carbocycles. The quantitative estimate of drug-likeness (QED) is 0.169. The number of halogens is 1. The van der Waals surface area contributed by atoms with E-state index in [2.05, 4.69) is 17.0 Å². The maximum absolute atomic E-state index is 12.2. The molecule has 0 N–H and O–H groups in total. The van der Waals surface area contributed by atoms with Crippen LogP contribution in [0.25, 0.3) is 26.7 Å². The van der Waals surface area contributed by atoms with Gasteiger partial charge in [-0.3, -0.25) is 4.90 Å². The van der Waals surface area contributed by atoms with E-state index < -0.39 is 9.84 Å². The maximum atomic E-state index is 12.2. The van der Waals surface area contributed by atoms with Crippen LogP contribution in [0.2, 0.25) is 5.02 Å². The lowest BCUT2D eigenvalue weighted by Crippen LogP contribution is -2.35. The van der Waals surface area contributed by atoms with Gasteiger partial charge in [0, 0.05) is 23.7 Å². The summed E-state index contributed by atoms with van der Waals surface area (Å²) in [6.07, 6.45) is 9.12. The number of nitrogens with zero attached hydrogens (tertiary/aromatic N) is 3. The lowest BCUT2D eigenvalue weighted by molar-refractivity contribution is 0.128. The van der Waals surface area contributed by atoms with Gasteiger partial charge in [-0.2, -0.15) is 5.10 Å². The minimum absolute atomic E-state index is 0.313. The Labute approximate surface area is 250 Å². The number of hydrogen-bond donors (Lipinski definition) is 0. The summed E-state index contributed by atoms with van der Waals surface area (Å²) in [5.74, 6) is 0.959. The molecular formula is C32H32ClN3O3S2. The monoisotopic (exact) mass is 605 g/mol. The van der Waals surface area contributed by atoms with Crippen LogP contribution in [0.1, 0.15) is 43.6 Å². The highest BCUT2D eigenvalue weighted by molar-refractivity contribution is 7.90. The highest BCUT2D eigenvalue weighted by Gasteiger charge is 2.25. The van der Waals surface area contributed by atoms with E-state index >= 15 is 0 Å². The summed E-state index contributed by atoms with van der Waals surface area (Å²) in [6.45, 7) is 1.44. The Morgan fingerprint density at radius 2 is 1.76 bits per heavy atom. The normalized spacial score (nSPS) is 14.6. The predicted molar refractivity (Wildman–Crippen MR) is 165 cm³/mol. The van der Waals surface area contributed by atoms with Crippen molar-refractivity contribution in [2.24, 2.45) is 0 Å². The van der Waals surface area contributed by atoms with E-state index in [0.717, 1.165) is 44.7 Å². The van der Waals surface area contributed by atoms with Crippen LogP contribution in [0.15, 0.2) is 94.4 Å². The highest BCUT2D eigenvalue weighted by Crippen LogP contribution is 2.38. The van der Waals surface area contributed by atoms with Crippen molar-refractivity contribution < 1.29 is 12.8 Å². The minimum atomic E-state index is -3.30. The number of aromatic nitrogens is 2. The molecular weight excluding hydrogens is 574 g/mol. The molecule has 6 rings (SSSR count). The van der Waals surface area contributed by atoms with Gasteiger partial charge in [0.15, 0.2) is 9.84 Å². The van der Waals surface area contributed by atoms with Gasteiger partial charge < -0.3 is 4.42 Å². The molecule has 212 valence electrons. The average Bonchev–Trinajstić information content (AvgIpc) is 3.75. The zero-order valence-electron chi connectivity index (χ0n) is 22.9. The molecule has 0 amide bonds. The molecule has 0 radical (unpaired) electrons. The van der Waals surface area contributed by atoms with Gasteiger partial charge in [-0.25, -0.2) is 13.1 Å². The Hall–Kier alpha value is -3.17. The summed E-state index contributed by atoms with van der Waals surface area (Å²) in [5, 5.41) is 5.72. The molecule has 1 fully saturated rings. The number of rotatable bonds is 9. The first-order valence-corrected chi connectivity index (χ1v) is 16.9. The predicted octanol–water partition coefficient (Wildman–Crippen LogP) is 8.25. The van der Waals surface area contributed by atoms with Crippen molar-refractivity contribution in [2.45, 2.75) is 56.1 Å². The number of furan rings is 1. The Balaban J connectivity index is 1.38. The Kier molecular flexibility index (Phi) is 8.17. The van der Waals surface area contributed by atoms with Gasteiger partial charge in [-0.05, 0) is 73.0 Å². The third kappa shape index (κ3) is 6.36. The van der Waals surface area contributed by atoms with Crippen molar-refractivity contribution in [3.8, 4) is 26.7 Å². The molecule has 6 nitrogen and oxygen atoms in total. The van der Waals surface area contributed by atoms with Gasteiger partial charge in [0.1, 0.15) is 5.76 Å². The Morgan fingerprint density at radius 1 is 0.951 bits per heavy atom. The van der Waals surface area contributed by atoms with Crippen molar-refractivity contribution in [1.29, 1.82) is 0 Å². The molecule has 0 aliphatic heterocycles. The maximum Gasteiger partial charge on any atom is 0.175 e. The highest BCUT2D eigenvalue weighted by atomic mass is 35.5. The first-order chi connectivity index (χ1) is 19.8. The second kappa shape index (κ2) is 12.0. The molecule has 1 aliphatic rings. The molecule has 41 heavy (non-hydrogen) atoms. The fourth-order valence-corrected chi connectivity index (χ4v) is 7.46. The Bertz CT molecular complexity index is 1740. The fourth-order valence-electron chi connectivity index (χ4n) is 5.57. The third-order valence-electron chi connectivity index (χ3n) is 7.64. The molecule has 5 aromatic rings. The van der Waals surface area contributed by atoms with E-state index in [1.807, 2.05) is 53.2 Å². The zero-order valence-corrected chi connectivity index (χ0v) is 25.3. The summed E-state index contributed by atoms with van der Waals surface area (Å²) >= 11 is 8.28. The second-order valence-corrected chi connectivity index (χ2v) is 14.1.